The molecule has 0 saturated heterocycles. The third-order valence-corrected chi connectivity index (χ3v) is 3.20. The van der Waals surface area contributed by atoms with Gasteiger partial charge in [0, 0.05) is 11.8 Å². The molecule has 1 aromatic heterocycles. The minimum absolute atomic E-state index is 0.0944. The van der Waals surface area contributed by atoms with Crippen molar-refractivity contribution in [3.05, 3.63) is 56.2 Å². The first kappa shape index (κ1) is 14.9. The van der Waals surface area contributed by atoms with Crippen LogP contribution in [0.2, 0.25) is 0 Å². The summed E-state index contributed by atoms with van der Waals surface area (Å²) in [5.41, 5.74) is 0.0689. The van der Waals surface area contributed by atoms with Crippen molar-refractivity contribution in [1.29, 1.82) is 0 Å². The molecule has 2 aromatic rings. The molecule has 0 amide bonds. The molecule has 7 nitrogen and oxygen atoms in total. The van der Waals surface area contributed by atoms with Gasteiger partial charge in [-0.05, 0) is 41.1 Å². The van der Waals surface area contributed by atoms with Gasteiger partial charge in [-0.3, -0.25) is 10.1 Å². The van der Waals surface area contributed by atoms with Gasteiger partial charge < -0.3 is 9.84 Å². The number of carboxylic acid groups (broad SMARTS) is 1. The molecule has 0 atom stereocenters. The lowest BCUT2D eigenvalue weighted by Gasteiger charge is -2.10. The number of carbonyl (C=O) groups is 1. The number of para-hydroxylation sites is 1. The Morgan fingerprint density at radius 2 is 2.10 bits per heavy atom. The van der Waals surface area contributed by atoms with Crippen molar-refractivity contribution in [3.8, 4) is 11.6 Å². The summed E-state index contributed by atoms with van der Waals surface area (Å²) < 4.78 is 5.72. The number of carboxylic acids is 1. The number of ether oxygens (including phenoxy) is 1. The molecule has 0 aliphatic rings. The molecule has 0 unspecified atom stereocenters. The molecule has 108 valence electrons. The largest absolute Gasteiger partial charge is 0.477 e. The summed E-state index contributed by atoms with van der Waals surface area (Å²) in [6, 6.07) is 7.15. The average molecular weight is 353 g/mol. The summed E-state index contributed by atoms with van der Waals surface area (Å²) >= 11 is 3.15. The van der Waals surface area contributed by atoms with E-state index >= 15 is 0 Å². The lowest BCUT2D eigenvalue weighted by molar-refractivity contribution is -0.385. The van der Waals surface area contributed by atoms with E-state index in [1.165, 1.54) is 24.3 Å². The molecule has 8 heteroatoms. The number of pyridine rings is 1. The summed E-state index contributed by atoms with van der Waals surface area (Å²) in [6.45, 7) is 1.66. The van der Waals surface area contributed by atoms with Crippen LogP contribution in [0, 0.1) is 17.0 Å². The van der Waals surface area contributed by atoms with Crippen molar-refractivity contribution in [2.45, 2.75) is 6.92 Å². The zero-order chi connectivity index (χ0) is 15.6. The Morgan fingerprint density at radius 3 is 2.71 bits per heavy atom. The van der Waals surface area contributed by atoms with Gasteiger partial charge in [-0.25, -0.2) is 9.78 Å². The highest BCUT2D eigenvalue weighted by molar-refractivity contribution is 9.10. The smallest absolute Gasteiger partial charge is 0.341 e. The zero-order valence-electron chi connectivity index (χ0n) is 10.7. The molecule has 1 aromatic carbocycles. The number of aryl methyl sites for hydroxylation is 1. The molecule has 1 heterocycles. The molecule has 0 radical (unpaired) electrons. The summed E-state index contributed by atoms with van der Waals surface area (Å²) in [4.78, 5) is 25.5. The van der Waals surface area contributed by atoms with Gasteiger partial charge in [0.1, 0.15) is 5.56 Å². The maximum absolute atomic E-state index is 11.2. The molecule has 21 heavy (non-hydrogen) atoms. The number of nitrogens with zero attached hydrogens (tertiary/aromatic N) is 2. The molecule has 0 spiro atoms. The fourth-order valence-electron chi connectivity index (χ4n) is 1.61. The fraction of sp³-hybridized carbons (Fsp3) is 0.0769. The number of aromatic carboxylic acids is 1. The van der Waals surface area contributed by atoms with Crippen LogP contribution in [0.1, 0.15) is 16.1 Å². The van der Waals surface area contributed by atoms with Crippen molar-refractivity contribution < 1.29 is 19.6 Å². The van der Waals surface area contributed by atoms with E-state index in [0.717, 1.165) is 0 Å². The molecule has 0 aliphatic heterocycles. The highest BCUT2D eigenvalue weighted by Gasteiger charge is 2.22. The van der Waals surface area contributed by atoms with E-state index in [-0.39, 0.29) is 22.9 Å². The molecule has 2 rings (SSSR count). The van der Waals surface area contributed by atoms with E-state index in [2.05, 4.69) is 20.9 Å². The summed E-state index contributed by atoms with van der Waals surface area (Å²) in [5, 5.41) is 20.1. The number of hydrogen-bond donors (Lipinski definition) is 1. The number of benzene rings is 1. The topological polar surface area (TPSA) is 103 Å². The minimum Gasteiger partial charge on any atom is -0.477 e. The van der Waals surface area contributed by atoms with E-state index in [9.17, 15) is 14.9 Å². The predicted molar refractivity (Wildman–Crippen MR) is 76.8 cm³/mol. The highest BCUT2D eigenvalue weighted by atomic mass is 79.9. The highest BCUT2D eigenvalue weighted by Crippen LogP contribution is 2.38. The predicted octanol–water partition coefficient (Wildman–Crippen LogP) is 3.55. The Labute approximate surface area is 127 Å². The van der Waals surface area contributed by atoms with Crippen LogP contribution in [0.25, 0.3) is 0 Å². The molecule has 0 saturated carbocycles. The molecular weight excluding hydrogens is 344 g/mol. The van der Waals surface area contributed by atoms with Crippen molar-refractivity contribution in [2.75, 3.05) is 0 Å². The van der Waals surface area contributed by atoms with Gasteiger partial charge in [0.25, 0.3) is 0 Å². The first-order valence-corrected chi connectivity index (χ1v) is 6.51. The Morgan fingerprint density at radius 1 is 1.38 bits per heavy atom. The Kier molecular flexibility index (Phi) is 4.18. The second-order valence-corrected chi connectivity index (χ2v) is 4.91. The monoisotopic (exact) mass is 352 g/mol. The molecule has 0 aliphatic carbocycles. The van der Waals surface area contributed by atoms with Gasteiger partial charge in [0.2, 0.25) is 11.6 Å². The summed E-state index contributed by atoms with van der Waals surface area (Å²) in [5.74, 6) is -1.52. The fourth-order valence-corrected chi connectivity index (χ4v) is 2.05. The van der Waals surface area contributed by atoms with Crippen LogP contribution in [-0.4, -0.2) is 21.0 Å². The van der Waals surface area contributed by atoms with Gasteiger partial charge in [-0.1, -0.05) is 6.07 Å². The quantitative estimate of drug-likeness (QED) is 0.666. The summed E-state index contributed by atoms with van der Waals surface area (Å²) in [7, 11) is 0. The maximum Gasteiger partial charge on any atom is 0.341 e. The van der Waals surface area contributed by atoms with Crippen molar-refractivity contribution in [3.63, 3.8) is 0 Å². The number of nitro groups is 1. The van der Waals surface area contributed by atoms with Gasteiger partial charge in [0.05, 0.1) is 9.40 Å². The Bertz CT molecular complexity index is 732. The number of nitro benzene ring substituents is 1. The van der Waals surface area contributed by atoms with Gasteiger partial charge in [-0.15, -0.1) is 0 Å². The van der Waals surface area contributed by atoms with E-state index < -0.39 is 10.9 Å². The van der Waals surface area contributed by atoms with Crippen LogP contribution < -0.4 is 4.74 Å². The third-order valence-electron chi connectivity index (χ3n) is 2.57. The van der Waals surface area contributed by atoms with Crippen LogP contribution in [0.15, 0.2) is 34.8 Å². The Hall–Kier alpha value is -2.48. The number of hydrogen-bond acceptors (Lipinski definition) is 5. The zero-order valence-corrected chi connectivity index (χ0v) is 12.3. The number of halogens is 1. The molecule has 0 fully saturated rings. The minimum atomic E-state index is -1.23. The molecule has 1 N–H and O–H groups in total. The van der Waals surface area contributed by atoms with Crippen LogP contribution in [-0.2, 0) is 0 Å². The normalized spacial score (nSPS) is 10.2. The van der Waals surface area contributed by atoms with E-state index in [0.29, 0.717) is 10.2 Å². The summed E-state index contributed by atoms with van der Waals surface area (Å²) in [6.07, 6.45) is 0. The standard InChI is InChI=1S/C13H9BrN2O5/c1-7-5-6-8(13(17)18)12(15-7)21-11-9(14)3-2-4-10(11)16(19)20/h2-6H,1H3,(H,17,18). The molecule has 0 bridgehead atoms. The van der Waals surface area contributed by atoms with Crippen molar-refractivity contribution >= 4 is 27.6 Å². The van der Waals surface area contributed by atoms with Crippen molar-refractivity contribution in [1.82, 2.24) is 4.98 Å². The first-order chi connectivity index (χ1) is 9.90. The number of rotatable bonds is 4. The van der Waals surface area contributed by atoms with Crippen LogP contribution in [0.5, 0.6) is 11.6 Å². The van der Waals surface area contributed by atoms with E-state index in [4.69, 9.17) is 9.84 Å². The maximum atomic E-state index is 11.2. The van der Waals surface area contributed by atoms with E-state index in [1.807, 2.05) is 0 Å². The van der Waals surface area contributed by atoms with Crippen LogP contribution in [0.3, 0.4) is 0 Å². The van der Waals surface area contributed by atoms with Crippen LogP contribution >= 0.6 is 15.9 Å². The van der Waals surface area contributed by atoms with E-state index in [1.54, 1.807) is 13.0 Å². The first-order valence-electron chi connectivity index (χ1n) is 5.72. The number of aromatic nitrogens is 1. The lowest BCUT2D eigenvalue weighted by atomic mass is 10.2. The van der Waals surface area contributed by atoms with Crippen molar-refractivity contribution in [2.24, 2.45) is 0 Å². The van der Waals surface area contributed by atoms with Gasteiger partial charge in [-0.2, -0.15) is 0 Å². The second-order valence-electron chi connectivity index (χ2n) is 4.06. The van der Waals surface area contributed by atoms with Crippen LogP contribution in [0.4, 0.5) is 5.69 Å². The molecular formula is C13H9BrN2O5. The third kappa shape index (κ3) is 3.16. The average Bonchev–Trinajstić information content (AvgIpc) is 2.40. The SMILES string of the molecule is Cc1ccc(C(=O)O)c(Oc2c(Br)cccc2[N+](=O)[O-])n1. The second kappa shape index (κ2) is 5.88. The van der Waals surface area contributed by atoms with Gasteiger partial charge in [0.15, 0.2) is 0 Å². The lowest BCUT2D eigenvalue weighted by Crippen LogP contribution is -2.04. The Balaban J connectivity index is 2.55. The van der Waals surface area contributed by atoms with Gasteiger partial charge >= 0.3 is 11.7 Å².